The van der Waals surface area contributed by atoms with Gasteiger partial charge in [-0.2, -0.15) is 0 Å². The van der Waals surface area contributed by atoms with Crippen LogP contribution < -0.4 is 4.74 Å². The highest BCUT2D eigenvalue weighted by molar-refractivity contribution is 7.90. The van der Waals surface area contributed by atoms with E-state index in [1.165, 1.54) is 6.26 Å². The summed E-state index contributed by atoms with van der Waals surface area (Å²) in [4.78, 5) is 4.87. The Hall–Kier alpha value is -3.38. The summed E-state index contributed by atoms with van der Waals surface area (Å²) in [6.45, 7) is 0.356. The summed E-state index contributed by atoms with van der Waals surface area (Å²) in [7, 11) is -3.19. The molecule has 4 rings (SSSR count). The van der Waals surface area contributed by atoms with Gasteiger partial charge in [0.1, 0.15) is 24.3 Å². The van der Waals surface area contributed by atoms with Crippen LogP contribution in [0.25, 0.3) is 11.3 Å². The Kier molecular flexibility index (Phi) is 5.68. The Balaban J connectivity index is 1.37. The second-order valence-corrected chi connectivity index (χ2v) is 9.03. The van der Waals surface area contributed by atoms with E-state index in [9.17, 15) is 8.42 Å². The Morgan fingerprint density at radius 2 is 1.57 bits per heavy atom. The highest BCUT2D eigenvalue weighted by atomic mass is 32.2. The number of nitrogens with zero attached hydrogens (tertiary/aromatic N) is 1. The van der Waals surface area contributed by atoms with Crippen LogP contribution in [0.15, 0.2) is 94.4 Å². The van der Waals surface area contributed by atoms with Crippen molar-refractivity contribution in [2.24, 2.45) is 0 Å². The Morgan fingerprint density at radius 3 is 2.23 bits per heavy atom. The fourth-order valence-corrected chi connectivity index (χ4v) is 3.65. The van der Waals surface area contributed by atoms with Gasteiger partial charge in [0.05, 0.1) is 4.90 Å². The van der Waals surface area contributed by atoms with Gasteiger partial charge >= 0.3 is 0 Å². The summed E-state index contributed by atoms with van der Waals surface area (Å²) < 4.78 is 34.5. The highest BCUT2D eigenvalue weighted by Crippen LogP contribution is 2.23. The Labute approximate surface area is 175 Å². The molecular formula is C24H21NO4S. The molecule has 30 heavy (non-hydrogen) atoms. The van der Waals surface area contributed by atoms with Crippen LogP contribution in [0.2, 0.25) is 0 Å². The van der Waals surface area contributed by atoms with Crippen LogP contribution in [-0.2, 0) is 22.9 Å². The molecule has 3 aromatic carbocycles. The second kappa shape index (κ2) is 8.55. The first-order valence-electron chi connectivity index (χ1n) is 9.48. The lowest BCUT2D eigenvalue weighted by Gasteiger charge is -2.07. The topological polar surface area (TPSA) is 69.4 Å². The van der Waals surface area contributed by atoms with Crippen molar-refractivity contribution in [3.8, 4) is 17.0 Å². The maximum absolute atomic E-state index is 11.5. The van der Waals surface area contributed by atoms with Gasteiger partial charge in [0, 0.05) is 18.2 Å². The summed E-state index contributed by atoms with van der Waals surface area (Å²) in [6, 6.07) is 24.4. The quantitative estimate of drug-likeness (QED) is 0.425. The average Bonchev–Trinajstić information content (AvgIpc) is 3.21. The van der Waals surface area contributed by atoms with Crippen LogP contribution in [0.5, 0.6) is 5.75 Å². The number of ether oxygens (including phenoxy) is 1. The molecular weight excluding hydrogens is 398 g/mol. The molecule has 0 atom stereocenters. The van der Waals surface area contributed by atoms with Gasteiger partial charge in [0.2, 0.25) is 0 Å². The van der Waals surface area contributed by atoms with Crippen LogP contribution in [0.3, 0.4) is 0 Å². The third-order valence-corrected chi connectivity index (χ3v) is 5.79. The summed E-state index contributed by atoms with van der Waals surface area (Å²) >= 11 is 0. The van der Waals surface area contributed by atoms with Crippen molar-refractivity contribution in [2.75, 3.05) is 6.26 Å². The summed E-state index contributed by atoms with van der Waals surface area (Å²) in [5.74, 6) is 1.40. The van der Waals surface area contributed by atoms with Crippen LogP contribution in [0.1, 0.15) is 17.0 Å². The number of aromatic nitrogens is 1. The van der Waals surface area contributed by atoms with E-state index >= 15 is 0 Å². The van der Waals surface area contributed by atoms with Crippen molar-refractivity contribution in [3.63, 3.8) is 0 Å². The molecule has 0 aliphatic heterocycles. The van der Waals surface area contributed by atoms with Crippen molar-refractivity contribution < 1.29 is 17.6 Å². The predicted octanol–water partition coefficient (Wildman–Crippen LogP) is 4.91. The summed E-state index contributed by atoms with van der Waals surface area (Å²) in [5.41, 5.74) is 3.78. The van der Waals surface area contributed by atoms with Gasteiger partial charge < -0.3 is 9.15 Å². The molecule has 4 aromatic rings. The molecule has 152 valence electrons. The molecule has 0 radical (unpaired) electrons. The maximum atomic E-state index is 11.5. The SMILES string of the molecule is CS(=O)(=O)c1ccc(COc2ccc(-c3coc(Cc4ccccc4)n3)cc2)cc1. The van der Waals surface area contributed by atoms with Gasteiger partial charge in [-0.1, -0.05) is 42.5 Å². The zero-order valence-electron chi connectivity index (χ0n) is 16.5. The van der Waals surface area contributed by atoms with Crippen molar-refractivity contribution in [1.29, 1.82) is 0 Å². The molecule has 0 aliphatic rings. The van der Waals surface area contributed by atoms with Crippen molar-refractivity contribution in [3.05, 3.63) is 102 Å². The molecule has 0 bridgehead atoms. The number of hydrogen-bond donors (Lipinski definition) is 0. The highest BCUT2D eigenvalue weighted by Gasteiger charge is 2.08. The minimum absolute atomic E-state index is 0.301. The van der Waals surface area contributed by atoms with E-state index in [2.05, 4.69) is 4.98 Å². The number of hydrogen-bond acceptors (Lipinski definition) is 5. The zero-order valence-corrected chi connectivity index (χ0v) is 17.3. The van der Waals surface area contributed by atoms with Crippen LogP contribution >= 0.6 is 0 Å². The normalized spacial score (nSPS) is 11.4. The smallest absolute Gasteiger partial charge is 0.198 e. The molecule has 1 aromatic heterocycles. The lowest BCUT2D eigenvalue weighted by atomic mass is 10.1. The molecule has 5 nitrogen and oxygen atoms in total. The summed E-state index contributed by atoms with van der Waals surface area (Å²) in [6.07, 6.45) is 3.51. The molecule has 6 heteroatoms. The van der Waals surface area contributed by atoms with Gasteiger partial charge in [-0.05, 0) is 47.5 Å². The second-order valence-electron chi connectivity index (χ2n) is 7.02. The van der Waals surface area contributed by atoms with E-state index < -0.39 is 9.84 Å². The van der Waals surface area contributed by atoms with E-state index in [1.54, 1.807) is 30.5 Å². The number of benzene rings is 3. The van der Waals surface area contributed by atoms with Gasteiger partial charge in [-0.3, -0.25) is 0 Å². The van der Waals surface area contributed by atoms with Crippen LogP contribution in [0, 0.1) is 0 Å². The van der Waals surface area contributed by atoms with Crippen LogP contribution in [0.4, 0.5) is 0 Å². The van der Waals surface area contributed by atoms with E-state index in [-0.39, 0.29) is 0 Å². The van der Waals surface area contributed by atoms with E-state index in [0.717, 1.165) is 28.1 Å². The monoisotopic (exact) mass is 419 g/mol. The van der Waals surface area contributed by atoms with Crippen molar-refractivity contribution in [2.45, 2.75) is 17.9 Å². The first-order valence-corrected chi connectivity index (χ1v) is 11.4. The van der Waals surface area contributed by atoms with Crippen LogP contribution in [-0.4, -0.2) is 19.7 Å². The first-order chi connectivity index (χ1) is 14.5. The van der Waals surface area contributed by atoms with E-state index in [0.29, 0.717) is 23.8 Å². The zero-order chi connectivity index (χ0) is 21.0. The molecule has 0 unspecified atom stereocenters. The van der Waals surface area contributed by atoms with Gasteiger partial charge in [-0.15, -0.1) is 0 Å². The lowest BCUT2D eigenvalue weighted by Crippen LogP contribution is -1.99. The minimum atomic E-state index is -3.19. The number of rotatable bonds is 7. The van der Waals surface area contributed by atoms with Crippen molar-refractivity contribution in [1.82, 2.24) is 4.98 Å². The molecule has 0 fully saturated rings. The Bertz CT molecular complexity index is 1210. The van der Waals surface area contributed by atoms with Gasteiger partial charge in [0.25, 0.3) is 0 Å². The third kappa shape index (κ3) is 4.96. The van der Waals surface area contributed by atoms with Crippen molar-refractivity contribution >= 4 is 9.84 Å². The lowest BCUT2D eigenvalue weighted by molar-refractivity contribution is 0.306. The number of oxazole rings is 1. The fourth-order valence-electron chi connectivity index (χ4n) is 3.02. The average molecular weight is 420 g/mol. The maximum Gasteiger partial charge on any atom is 0.198 e. The summed E-state index contributed by atoms with van der Waals surface area (Å²) in [5, 5.41) is 0. The largest absolute Gasteiger partial charge is 0.489 e. The van der Waals surface area contributed by atoms with E-state index in [4.69, 9.17) is 9.15 Å². The first kappa shape index (κ1) is 19.9. The minimum Gasteiger partial charge on any atom is -0.489 e. The third-order valence-electron chi connectivity index (χ3n) is 4.66. The van der Waals surface area contributed by atoms with Gasteiger partial charge in [-0.25, -0.2) is 13.4 Å². The molecule has 0 saturated carbocycles. The molecule has 0 saturated heterocycles. The fraction of sp³-hybridized carbons (Fsp3) is 0.125. The van der Waals surface area contributed by atoms with Gasteiger partial charge in [0.15, 0.2) is 15.7 Å². The molecule has 0 spiro atoms. The molecule has 1 heterocycles. The van der Waals surface area contributed by atoms with E-state index in [1.807, 2.05) is 54.6 Å². The predicted molar refractivity (Wildman–Crippen MR) is 115 cm³/mol. The Morgan fingerprint density at radius 1 is 0.867 bits per heavy atom. The number of sulfone groups is 1. The molecule has 0 aliphatic carbocycles. The standard InChI is InChI=1S/C24H21NO4S/c1-30(26,27)22-13-7-19(8-14-22)16-28-21-11-9-20(10-12-21)23-17-29-24(25-23)15-18-5-3-2-4-6-18/h2-14,17H,15-16H2,1H3. The molecule has 0 amide bonds. The molecule has 0 N–H and O–H groups in total.